The van der Waals surface area contributed by atoms with Gasteiger partial charge >= 0.3 is 0 Å². The van der Waals surface area contributed by atoms with Crippen LogP contribution in [0.15, 0.2) is 78.0 Å². The molecule has 0 radical (unpaired) electrons. The lowest BCUT2D eigenvalue weighted by Crippen LogP contribution is -2.31. The maximum absolute atomic E-state index is 13.5. The van der Waals surface area contributed by atoms with E-state index in [4.69, 9.17) is 21.1 Å². The Bertz CT molecular complexity index is 1460. The molecule has 1 unspecified atom stereocenters. The van der Waals surface area contributed by atoms with Crippen LogP contribution in [0.1, 0.15) is 29.7 Å². The third-order valence-corrected chi connectivity index (χ3v) is 6.33. The van der Waals surface area contributed by atoms with E-state index in [-0.39, 0.29) is 5.91 Å². The van der Waals surface area contributed by atoms with Crippen molar-refractivity contribution in [2.45, 2.75) is 26.5 Å². The van der Waals surface area contributed by atoms with E-state index < -0.39 is 6.04 Å². The number of nitrogens with zero attached hydrogens (tertiary/aromatic N) is 4. The summed E-state index contributed by atoms with van der Waals surface area (Å²) in [6, 6.07) is 20.0. The van der Waals surface area contributed by atoms with Crippen molar-refractivity contribution in [2.24, 2.45) is 0 Å². The zero-order chi connectivity index (χ0) is 25.9. The molecule has 1 amide bonds. The van der Waals surface area contributed by atoms with Gasteiger partial charge in [0, 0.05) is 16.4 Å². The number of carbonyl (C=O) groups excluding carboxylic acids is 1. The van der Waals surface area contributed by atoms with E-state index in [9.17, 15) is 4.79 Å². The topological polar surface area (TPSA) is 103 Å². The van der Waals surface area contributed by atoms with Crippen molar-refractivity contribution in [3.63, 3.8) is 0 Å². The number of amides is 1. The van der Waals surface area contributed by atoms with E-state index in [0.29, 0.717) is 46.0 Å². The summed E-state index contributed by atoms with van der Waals surface area (Å²) in [7, 11) is 1.57. The lowest BCUT2D eigenvalue weighted by molar-refractivity contribution is -0.113. The molecular formula is C27H25ClN6O3. The average Bonchev–Trinajstić information content (AvgIpc) is 3.37. The highest BCUT2D eigenvalue weighted by atomic mass is 35.5. The number of fused-ring (bicyclic) bond motifs is 1. The van der Waals surface area contributed by atoms with Crippen LogP contribution in [0.4, 0.5) is 11.6 Å². The number of aromatic nitrogens is 4. The maximum atomic E-state index is 13.5. The third kappa shape index (κ3) is 5.12. The number of aryl methyl sites for hydroxylation is 1. The first-order valence-corrected chi connectivity index (χ1v) is 12.0. The van der Waals surface area contributed by atoms with E-state index >= 15 is 0 Å². The van der Waals surface area contributed by atoms with Crippen molar-refractivity contribution < 1.29 is 14.3 Å². The van der Waals surface area contributed by atoms with Crippen molar-refractivity contribution in [3.8, 4) is 11.5 Å². The molecular weight excluding hydrogens is 492 g/mol. The fraction of sp³-hybridized carbons (Fsp3) is 0.185. The van der Waals surface area contributed by atoms with Crippen LogP contribution < -0.4 is 20.1 Å². The Hall–Kier alpha value is -4.37. The first kappa shape index (κ1) is 24.3. The van der Waals surface area contributed by atoms with Crippen molar-refractivity contribution in [1.82, 2.24) is 20.2 Å². The van der Waals surface area contributed by atoms with Crippen molar-refractivity contribution in [3.05, 3.63) is 99.7 Å². The van der Waals surface area contributed by atoms with Gasteiger partial charge in [0.05, 0.1) is 12.7 Å². The van der Waals surface area contributed by atoms with E-state index in [2.05, 4.69) is 26.2 Å². The number of anilines is 2. The zero-order valence-electron chi connectivity index (χ0n) is 20.5. The standard InChI is InChI=1S/C27H25ClN6O3/c1-16-4-11-21(12-5-16)30-26(35)24-17(2)29-27-31-32-33-34(27)25(24)19-8-13-22(23(14-19)36-3)37-15-18-6-9-20(28)10-7-18/h4-14,25H,15H2,1-3H3,(H,30,35)(H,29,31,33). The Kier molecular flexibility index (Phi) is 6.78. The van der Waals surface area contributed by atoms with Crippen LogP contribution >= 0.6 is 11.6 Å². The van der Waals surface area contributed by atoms with Crippen molar-refractivity contribution in [1.29, 1.82) is 0 Å². The van der Waals surface area contributed by atoms with Crippen LogP contribution in [0, 0.1) is 6.92 Å². The van der Waals surface area contributed by atoms with Gasteiger partial charge < -0.3 is 20.1 Å². The van der Waals surface area contributed by atoms with Gasteiger partial charge in [-0.2, -0.15) is 4.68 Å². The van der Waals surface area contributed by atoms with Crippen LogP contribution in [-0.2, 0) is 11.4 Å². The molecule has 1 atom stereocenters. The van der Waals surface area contributed by atoms with Gasteiger partial charge in [-0.3, -0.25) is 4.79 Å². The molecule has 0 bridgehead atoms. The highest BCUT2D eigenvalue weighted by Gasteiger charge is 2.34. The molecule has 37 heavy (non-hydrogen) atoms. The van der Waals surface area contributed by atoms with Crippen molar-refractivity contribution in [2.75, 3.05) is 17.7 Å². The van der Waals surface area contributed by atoms with Crippen LogP contribution in [0.2, 0.25) is 5.02 Å². The molecule has 1 aliphatic heterocycles. The second kappa shape index (κ2) is 10.3. The Morgan fingerprint density at radius 2 is 1.81 bits per heavy atom. The fourth-order valence-electron chi connectivity index (χ4n) is 4.17. The number of tetrazole rings is 1. The summed E-state index contributed by atoms with van der Waals surface area (Å²) in [6.45, 7) is 4.17. The number of carbonyl (C=O) groups is 1. The van der Waals surface area contributed by atoms with Gasteiger partial charge in [-0.25, -0.2) is 0 Å². The van der Waals surface area contributed by atoms with Crippen LogP contribution in [-0.4, -0.2) is 33.2 Å². The number of hydrogen-bond acceptors (Lipinski definition) is 7. The molecule has 1 aliphatic rings. The van der Waals surface area contributed by atoms with E-state index in [0.717, 1.165) is 16.7 Å². The first-order valence-electron chi connectivity index (χ1n) is 11.6. The van der Waals surface area contributed by atoms with Crippen molar-refractivity contribution >= 4 is 29.1 Å². The molecule has 2 heterocycles. The van der Waals surface area contributed by atoms with Crippen LogP contribution in [0.5, 0.6) is 11.5 Å². The third-order valence-electron chi connectivity index (χ3n) is 6.08. The van der Waals surface area contributed by atoms with Gasteiger partial charge in [0.2, 0.25) is 5.95 Å². The molecule has 0 spiro atoms. The molecule has 0 saturated heterocycles. The number of halogens is 1. The lowest BCUT2D eigenvalue weighted by Gasteiger charge is -2.28. The number of methoxy groups -OCH3 is 1. The molecule has 5 rings (SSSR count). The Labute approximate surface area is 219 Å². The average molecular weight is 517 g/mol. The number of hydrogen-bond donors (Lipinski definition) is 2. The SMILES string of the molecule is COc1cc(C2C(C(=O)Nc3ccc(C)cc3)=C(C)Nc3nnnn32)ccc1OCc1ccc(Cl)cc1. The molecule has 10 heteroatoms. The minimum Gasteiger partial charge on any atom is -0.493 e. The Balaban J connectivity index is 1.46. The smallest absolute Gasteiger partial charge is 0.255 e. The summed E-state index contributed by atoms with van der Waals surface area (Å²) in [5, 5.41) is 18.8. The molecule has 2 N–H and O–H groups in total. The largest absolute Gasteiger partial charge is 0.493 e. The number of ether oxygens (including phenoxy) is 2. The quantitative estimate of drug-likeness (QED) is 0.350. The summed E-state index contributed by atoms with van der Waals surface area (Å²) < 4.78 is 13.2. The molecule has 0 fully saturated rings. The second-order valence-electron chi connectivity index (χ2n) is 8.66. The predicted molar refractivity (Wildman–Crippen MR) is 141 cm³/mol. The van der Waals surface area contributed by atoms with Gasteiger partial charge in [-0.05, 0) is 71.8 Å². The van der Waals surface area contributed by atoms with E-state index in [1.807, 2.05) is 80.6 Å². The molecule has 1 aromatic heterocycles. The Morgan fingerprint density at radius 1 is 1.05 bits per heavy atom. The number of rotatable bonds is 7. The lowest BCUT2D eigenvalue weighted by atomic mass is 9.94. The second-order valence-corrected chi connectivity index (χ2v) is 9.10. The number of nitrogens with one attached hydrogen (secondary N) is 2. The molecule has 0 saturated carbocycles. The van der Waals surface area contributed by atoms with Crippen LogP contribution in [0.25, 0.3) is 0 Å². The monoisotopic (exact) mass is 516 g/mol. The molecule has 4 aromatic rings. The summed E-state index contributed by atoms with van der Waals surface area (Å²) in [5.41, 5.74) is 4.67. The molecule has 9 nitrogen and oxygen atoms in total. The Morgan fingerprint density at radius 3 is 2.54 bits per heavy atom. The van der Waals surface area contributed by atoms with Gasteiger partial charge in [0.1, 0.15) is 12.6 Å². The predicted octanol–water partition coefficient (Wildman–Crippen LogP) is 5.15. The van der Waals surface area contributed by atoms with Crippen LogP contribution in [0.3, 0.4) is 0 Å². The van der Waals surface area contributed by atoms with Gasteiger partial charge in [0.25, 0.3) is 5.91 Å². The summed E-state index contributed by atoms with van der Waals surface area (Å²) in [5.74, 6) is 1.27. The summed E-state index contributed by atoms with van der Waals surface area (Å²) in [4.78, 5) is 13.5. The first-order chi connectivity index (χ1) is 17.9. The van der Waals surface area contributed by atoms with Gasteiger partial charge in [-0.15, -0.1) is 0 Å². The zero-order valence-corrected chi connectivity index (χ0v) is 21.3. The van der Waals surface area contributed by atoms with E-state index in [1.54, 1.807) is 11.8 Å². The number of allylic oxidation sites excluding steroid dienone is 1. The summed E-state index contributed by atoms with van der Waals surface area (Å²) >= 11 is 5.98. The molecule has 3 aromatic carbocycles. The minimum absolute atomic E-state index is 0.262. The maximum Gasteiger partial charge on any atom is 0.255 e. The molecule has 0 aliphatic carbocycles. The summed E-state index contributed by atoms with van der Waals surface area (Å²) in [6.07, 6.45) is 0. The minimum atomic E-state index is -0.587. The van der Waals surface area contributed by atoms with E-state index in [1.165, 1.54) is 0 Å². The molecule has 188 valence electrons. The van der Waals surface area contributed by atoms with Gasteiger partial charge in [-0.1, -0.05) is 52.6 Å². The van der Waals surface area contributed by atoms with Gasteiger partial charge in [0.15, 0.2) is 11.5 Å². The number of benzene rings is 3. The fourth-order valence-corrected chi connectivity index (χ4v) is 4.29. The normalized spacial score (nSPS) is 14.5. The highest BCUT2D eigenvalue weighted by Crippen LogP contribution is 2.39. The highest BCUT2D eigenvalue weighted by molar-refractivity contribution is 6.30.